The minimum Gasteiger partial charge on any atom is -0.299 e. The van der Waals surface area contributed by atoms with Gasteiger partial charge in [0, 0.05) is 18.8 Å². The Balaban J connectivity index is 1.96. The minimum atomic E-state index is -0.249. The molecule has 0 heterocycles. The quantitative estimate of drug-likeness (QED) is 0.614. The lowest BCUT2D eigenvalue weighted by molar-refractivity contribution is -0.131. The largest absolute Gasteiger partial charge is 0.299 e. The third-order valence-electron chi connectivity index (χ3n) is 6.71. The lowest BCUT2D eigenvalue weighted by Crippen LogP contribution is -2.46. The predicted octanol–water partition coefficient (Wildman–Crippen LogP) is 2.92. The number of rotatable bonds is 0. The van der Waals surface area contributed by atoms with Crippen LogP contribution in [0.1, 0.15) is 45.4 Å². The Morgan fingerprint density at radius 2 is 2.00 bits per heavy atom. The molecule has 0 unspecified atom stereocenters. The third kappa shape index (κ3) is 0.886. The van der Waals surface area contributed by atoms with Crippen LogP contribution in [-0.4, -0.2) is 11.6 Å². The van der Waals surface area contributed by atoms with Gasteiger partial charge in [-0.25, -0.2) is 0 Å². The first-order valence-electron chi connectivity index (χ1n) is 7.36. The van der Waals surface area contributed by atoms with E-state index >= 15 is 0 Å². The Labute approximate surface area is 108 Å². The van der Waals surface area contributed by atoms with Crippen LogP contribution in [0.25, 0.3) is 0 Å². The third-order valence-corrected chi connectivity index (χ3v) is 6.71. The van der Waals surface area contributed by atoms with E-state index in [9.17, 15) is 9.59 Å². The van der Waals surface area contributed by atoms with Crippen molar-refractivity contribution >= 4 is 11.6 Å². The maximum atomic E-state index is 12.7. The summed E-state index contributed by atoms with van der Waals surface area (Å²) < 4.78 is 0. The molecule has 2 spiro atoms. The Kier molecular flexibility index (Phi) is 1.92. The highest BCUT2D eigenvalue weighted by molar-refractivity contribution is 5.97. The molecule has 0 N–H and O–H groups in total. The van der Waals surface area contributed by atoms with Gasteiger partial charge >= 0.3 is 0 Å². The summed E-state index contributed by atoms with van der Waals surface area (Å²) in [5, 5.41) is 0. The van der Waals surface area contributed by atoms with Gasteiger partial charge < -0.3 is 0 Å². The van der Waals surface area contributed by atoms with E-state index in [1.165, 1.54) is 0 Å². The molecule has 0 aromatic carbocycles. The van der Waals surface area contributed by atoms with Gasteiger partial charge in [0.2, 0.25) is 0 Å². The fourth-order valence-electron chi connectivity index (χ4n) is 6.04. The van der Waals surface area contributed by atoms with Gasteiger partial charge in [-0.3, -0.25) is 9.59 Å². The van der Waals surface area contributed by atoms with Crippen molar-refractivity contribution in [2.45, 2.75) is 45.4 Å². The Bertz CT molecular complexity index is 477. The summed E-state index contributed by atoms with van der Waals surface area (Å²) >= 11 is 0. The van der Waals surface area contributed by atoms with Gasteiger partial charge in [-0.1, -0.05) is 19.1 Å². The first-order chi connectivity index (χ1) is 8.63. The van der Waals surface area contributed by atoms with E-state index in [0.29, 0.717) is 36.2 Å². The highest BCUT2D eigenvalue weighted by atomic mass is 16.1. The van der Waals surface area contributed by atoms with E-state index in [1.807, 2.05) is 0 Å². The second-order valence-corrected chi connectivity index (χ2v) is 6.84. The number of carbonyl (C=O) groups excluding carboxylic acids is 2. The van der Waals surface area contributed by atoms with Crippen molar-refractivity contribution in [3.8, 4) is 0 Å². The molecule has 96 valence electrons. The van der Waals surface area contributed by atoms with Crippen molar-refractivity contribution in [1.82, 2.24) is 0 Å². The Morgan fingerprint density at radius 1 is 1.17 bits per heavy atom. The molecule has 0 aliphatic heterocycles. The molecule has 4 rings (SSSR count). The first kappa shape index (κ1) is 11.0. The Hall–Kier alpha value is -0.920. The number of Topliss-reactive ketones (excluding diaryl/α,β-unsaturated/α-hetero) is 2. The summed E-state index contributed by atoms with van der Waals surface area (Å²) in [5.74, 6) is 1.83. The van der Waals surface area contributed by atoms with Gasteiger partial charge in [0.05, 0.1) is 5.41 Å². The molecule has 2 nitrogen and oxygen atoms in total. The molecule has 4 aliphatic carbocycles. The minimum absolute atomic E-state index is 0.00273. The average Bonchev–Trinajstić information content (AvgIpc) is 2.90. The van der Waals surface area contributed by atoms with Crippen LogP contribution in [0.2, 0.25) is 0 Å². The smallest absolute Gasteiger partial charge is 0.143 e. The summed E-state index contributed by atoms with van der Waals surface area (Å²) in [6.07, 6.45) is 10.3. The predicted molar refractivity (Wildman–Crippen MR) is 67.9 cm³/mol. The zero-order valence-electron chi connectivity index (χ0n) is 10.9. The summed E-state index contributed by atoms with van der Waals surface area (Å²) in [6.45, 7) is 2.09. The van der Waals surface area contributed by atoms with Crippen LogP contribution in [-0.2, 0) is 9.59 Å². The van der Waals surface area contributed by atoms with Crippen LogP contribution < -0.4 is 0 Å². The summed E-state index contributed by atoms with van der Waals surface area (Å²) in [7, 11) is 0. The lowest BCUT2D eigenvalue weighted by Gasteiger charge is -2.44. The van der Waals surface area contributed by atoms with Crippen molar-refractivity contribution < 1.29 is 9.59 Å². The van der Waals surface area contributed by atoms with Crippen molar-refractivity contribution in [2.75, 3.05) is 0 Å². The van der Waals surface area contributed by atoms with Crippen LogP contribution >= 0.6 is 0 Å². The summed E-state index contributed by atoms with van der Waals surface area (Å²) in [5.41, 5.74) is -0.246. The summed E-state index contributed by atoms with van der Waals surface area (Å²) in [6, 6.07) is 0. The van der Waals surface area contributed by atoms with Crippen LogP contribution in [0.15, 0.2) is 12.2 Å². The second kappa shape index (κ2) is 3.15. The molecule has 3 fully saturated rings. The van der Waals surface area contributed by atoms with E-state index in [-0.39, 0.29) is 16.7 Å². The van der Waals surface area contributed by atoms with Gasteiger partial charge in [0.1, 0.15) is 11.6 Å². The number of hydrogen-bond donors (Lipinski definition) is 0. The molecule has 0 amide bonds. The SMILES string of the molecule is C[C@H]1C(=O)C[C@@H]2CC(=O)[C@@]34C=CCC[C@@H]3CC[C@]214. The molecule has 0 bridgehead atoms. The standard InChI is InChI=1S/C16H20O2/c1-10-13(17)8-12-9-14(18)16-6-3-2-4-11(16)5-7-15(10,12)16/h3,6,10-12H,2,4-5,7-9H2,1H3/t10-,11+,12+,15+,16+/m0/s1. The number of hydrogen-bond acceptors (Lipinski definition) is 2. The number of ketones is 2. The highest BCUT2D eigenvalue weighted by Gasteiger charge is 2.74. The van der Waals surface area contributed by atoms with Crippen LogP contribution in [0.3, 0.4) is 0 Å². The molecule has 4 aliphatic rings. The highest BCUT2D eigenvalue weighted by Crippen LogP contribution is 2.74. The van der Waals surface area contributed by atoms with E-state index < -0.39 is 0 Å². The van der Waals surface area contributed by atoms with Gasteiger partial charge in [-0.05, 0) is 42.9 Å². The topological polar surface area (TPSA) is 34.1 Å². The van der Waals surface area contributed by atoms with Gasteiger partial charge in [-0.2, -0.15) is 0 Å². The number of carbonyl (C=O) groups is 2. The molecule has 2 heteroatoms. The molecular weight excluding hydrogens is 224 g/mol. The molecule has 0 radical (unpaired) electrons. The maximum Gasteiger partial charge on any atom is 0.143 e. The fraction of sp³-hybridized carbons (Fsp3) is 0.750. The van der Waals surface area contributed by atoms with Gasteiger partial charge in [-0.15, -0.1) is 0 Å². The molecule has 3 saturated carbocycles. The van der Waals surface area contributed by atoms with E-state index in [2.05, 4.69) is 19.1 Å². The molecular formula is C16H20O2. The normalized spacial score (nSPS) is 53.5. The second-order valence-electron chi connectivity index (χ2n) is 6.84. The lowest BCUT2D eigenvalue weighted by atomic mass is 9.57. The molecule has 0 aromatic rings. The van der Waals surface area contributed by atoms with Crippen molar-refractivity contribution in [2.24, 2.45) is 28.6 Å². The van der Waals surface area contributed by atoms with Gasteiger partial charge in [0.15, 0.2) is 0 Å². The fourth-order valence-corrected chi connectivity index (χ4v) is 6.04. The van der Waals surface area contributed by atoms with Gasteiger partial charge in [0.25, 0.3) is 0 Å². The van der Waals surface area contributed by atoms with Crippen molar-refractivity contribution in [3.63, 3.8) is 0 Å². The van der Waals surface area contributed by atoms with Crippen molar-refractivity contribution in [3.05, 3.63) is 12.2 Å². The number of allylic oxidation sites excluding steroid dienone is 2. The van der Waals surface area contributed by atoms with Crippen molar-refractivity contribution in [1.29, 1.82) is 0 Å². The monoisotopic (exact) mass is 244 g/mol. The van der Waals surface area contributed by atoms with Crippen LogP contribution in [0.5, 0.6) is 0 Å². The summed E-state index contributed by atoms with van der Waals surface area (Å²) in [4.78, 5) is 24.9. The average molecular weight is 244 g/mol. The van der Waals surface area contributed by atoms with Crippen LogP contribution in [0.4, 0.5) is 0 Å². The maximum absolute atomic E-state index is 12.7. The van der Waals surface area contributed by atoms with E-state index in [4.69, 9.17) is 0 Å². The first-order valence-corrected chi connectivity index (χ1v) is 7.36. The van der Waals surface area contributed by atoms with Crippen LogP contribution in [0, 0.1) is 28.6 Å². The molecule has 18 heavy (non-hydrogen) atoms. The van der Waals surface area contributed by atoms with E-state index in [1.54, 1.807) is 0 Å². The Morgan fingerprint density at radius 3 is 2.83 bits per heavy atom. The van der Waals surface area contributed by atoms with E-state index in [0.717, 1.165) is 25.7 Å². The zero-order chi connectivity index (χ0) is 12.5. The zero-order valence-corrected chi connectivity index (χ0v) is 10.9. The molecule has 5 atom stereocenters. The molecule has 0 aromatic heterocycles. The molecule has 0 saturated heterocycles.